The third-order valence-corrected chi connectivity index (χ3v) is 2.70. The van der Waals surface area contributed by atoms with E-state index in [9.17, 15) is 5.11 Å². The molecule has 0 spiro atoms. The molecule has 1 aliphatic carbocycles. The number of rotatable bonds is 3. The Balaban J connectivity index is 2.57. The van der Waals surface area contributed by atoms with E-state index in [-0.39, 0.29) is 11.5 Å². The minimum atomic E-state index is -0.257. The highest BCUT2D eigenvalue weighted by Crippen LogP contribution is 2.37. The monoisotopic (exact) mass is 159 g/mol. The largest absolute Gasteiger partial charge is 0.392 e. The molecule has 1 saturated carbocycles. The van der Waals surface area contributed by atoms with Gasteiger partial charge >= 0.3 is 0 Å². The highest BCUT2D eigenvalue weighted by Gasteiger charge is 2.40. The molecule has 0 bridgehead atoms. The average molecular weight is 159 g/mol. The number of aliphatic hydroxyl groups is 1. The van der Waals surface area contributed by atoms with Crippen molar-refractivity contribution in [3.05, 3.63) is 0 Å². The second-order valence-electron chi connectivity index (χ2n) is 3.41. The van der Waals surface area contributed by atoms with Crippen molar-refractivity contribution in [1.82, 2.24) is 0 Å². The molecular formula is C8H17NO2. The van der Waals surface area contributed by atoms with Crippen LogP contribution in [0.15, 0.2) is 0 Å². The quantitative estimate of drug-likeness (QED) is 0.615. The zero-order valence-electron chi connectivity index (χ0n) is 7.05. The van der Waals surface area contributed by atoms with Crippen LogP contribution in [0, 0.1) is 5.41 Å². The molecule has 0 heterocycles. The summed E-state index contributed by atoms with van der Waals surface area (Å²) in [6.07, 6.45) is 2.69. The van der Waals surface area contributed by atoms with Gasteiger partial charge in [-0.1, -0.05) is 6.42 Å². The van der Waals surface area contributed by atoms with E-state index in [2.05, 4.69) is 0 Å². The van der Waals surface area contributed by atoms with E-state index >= 15 is 0 Å². The first kappa shape index (κ1) is 8.97. The van der Waals surface area contributed by atoms with E-state index in [4.69, 9.17) is 10.5 Å². The minimum Gasteiger partial charge on any atom is -0.392 e. The Hall–Kier alpha value is -0.120. The van der Waals surface area contributed by atoms with Crippen LogP contribution in [0.5, 0.6) is 0 Å². The fraction of sp³-hybridized carbons (Fsp3) is 1.00. The summed E-state index contributed by atoms with van der Waals surface area (Å²) < 4.78 is 5.05. The number of hydrogen-bond acceptors (Lipinski definition) is 3. The van der Waals surface area contributed by atoms with Crippen molar-refractivity contribution in [3.8, 4) is 0 Å². The van der Waals surface area contributed by atoms with Crippen molar-refractivity contribution in [1.29, 1.82) is 0 Å². The van der Waals surface area contributed by atoms with Gasteiger partial charge in [-0.15, -0.1) is 0 Å². The van der Waals surface area contributed by atoms with E-state index < -0.39 is 0 Å². The van der Waals surface area contributed by atoms with E-state index in [1.165, 1.54) is 0 Å². The first-order valence-electron chi connectivity index (χ1n) is 4.12. The molecule has 2 atom stereocenters. The summed E-state index contributed by atoms with van der Waals surface area (Å²) in [5.41, 5.74) is 5.46. The Bertz CT molecular complexity index is 129. The molecule has 1 rings (SSSR count). The van der Waals surface area contributed by atoms with Gasteiger partial charge in [-0.25, -0.2) is 0 Å². The Morgan fingerprint density at radius 2 is 2.45 bits per heavy atom. The van der Waals surface area contributed by atoms with Crippen LogP contribution in [0.3, 0.4) is 0 Å². The molecule has 0 aromatic heterocycles. The van der Waals surface area contributed by atoms with E-state index in [1.807, 2.05) is 0 Å². The molecule has 0 aromatic carbocycles. The molecule has 1 fully saturated rings. The predicted octanol–water partition coefficient (Wildman–Crippen LogP) is 0.123. The summed E-state index contributed by atoms with van der Waals surface area (Å²) in [5, 5.41) is 9.61. The van der Waals surface area contributed by atoms with Gasteiger partial charge < -0.3 is 15.6 Å². The van der Waals surface area contributed by atoms with E-state index in [1.54, 1.807) is 7.11 Å². The van der Waals surface area contributed by atoms with Crippen LogP contribution >= 0.6 is 0 Å². The molecule has 3 nitrogen and oxygen atoms in total. The van der Waals surface area contributed by atoms with E-state index in [0.29, 0.717) is 13.2 Å². The van der Waals surface area contributed by atoms with Crippen LogP contribution < -0.4 is 5.73 Å². The number of nitrogens with two attached hydrogens (primary N) is 1. The van der Waals surface area contributed by atoms with Crippen LogP contribution in [0.25, 0.3) is 0 Å². The lowest BCUT2D eigenvalue weighted by Gasteiger charge is -2.30. The standard InChI is InChI=1S/C8H17NO2/c1-11-6-8(5-9)4-2-3-7(8)10/h7,10H,2-6,9H2,1H3. The summed E-state index contributed by atoms with van der Waals surface area (Å²) in [7, 11) is 1.66. The van der Waals surface area contributed by atoms with Gasteiger partial charge in [0.15, 0.2) is 0 Å². The van der Waals surface area contributed by atoms with Crippen molar-refractivity contribution >= 4 is 0 Å². The van der Waals surface area contributed by atoms with Gasteiger partial charge in [-0.3, -0.25) is 0 Å². The maximum Gasteiger partial charge on any atom is 0.0630 e. The van der Waals surface area contributed by atoms with E-state index in [0.717, 1.165) is 19.3 Å². The van der Waals surface area contributed by atoms with Crippen LogP contribution in [0.4, 0.5) is 0 Å². The highest BCUT2D eigenvalue weighted by molar-refractivity contribution is 4.92. The summed E-state index contributed by atoms with van der Waals surface area (Å²) in [5.74, 6) is 0. The SMILES string of the molecule is COCC1(CN)CCCC1O. The van der Waals surface area contributed by atoms with Crippen molar-refractivity contribution < 1.29 is 9.84 Å². The minimum absolute atomic E-state index is 0.144. The fourth-order valence-electron chi connectivity index (χ4n) is 1.87. The van der Waals surface area contributed by atoms with Crippen LogP contribution in [0.1, 0.15) is 19.3 Å². The zero-order chi connectivity index (χ0) is 8.32. The lowest BCUT2D eigenvalue weighted by Crippen LogP contribution is -2.41. The summed E-state index contributed by atoms with van der Waals surface area (Å²) in [6.45, 7) is 1.12. The Morgan fingerprint density at radius 1 is 1.73 bits per heavy atom. The molecule has 11 heavy (non-hydrogen) atoms. The number of aliphatic hydroxyl groups excluding tert-OH is 1. The molecule has 0 saturated heterocycles. The van der Waals surface area contributed by atoms with Crippen LogP contribution in [0.2, 0.25) is 0 Å². The Kier molecular flexibility index (Phi) is 2.87. The molecule has 3 heteroatoms. The Labute approximate surface area is 67.5 Å². The number of ether oxygens (including phenoxy) is 1. The molecular weight excluding hydrogens is 142 g/mol. The highest BCUT2D eigenvalue weighted by atomic mass is 16.5. The second kappa shape index (κ2) is 3.52. The molecule has 0 amide bonds. The summed E-state index contributed by atoms with van der Waals surface area (Å²) in [6, 6.07) is 0. The molecule has 2 unspecified atom stereocenters. The fourth-order valence-corrected chi connectivity index (χ4v) is 1.87. The van der Waals surface area contributed by atoms with Gasteiger partial charge in [0, 0.05) is 19.1 Å². The maximum absolute atomic E-state index is 9.61. The Morgan fingerprint density at radius 3 is 2.82 bits per heavy atom. The smallest absolute Gasteiger partial charge is 0.0630 e. The van der Waals surface area contributed by atoms with Gasteiger partial charge in [0.1, 0.15) is 0 Å². The number of hydrogen-bond donors (Lipinski definition) is 2. The van der Waals surface area contributed by atoms with Gasteiger partial charge in [-0.2, -0.15) is 0 Å². The summed E-state index contributed by atoms with van der Waals surface area (Å²) in [4.78, 5) is 0. The molecule has 0 aliphatic heterocycles. The zero-order valence-corrected chi connectivity index (χ0v) is 7.05. The molecule has 0 aromatic rings. The first-order valence-corrected chi connectivity index (χ1v) is 4.12. The normalized spacial score (nSPS) is 37.9. The van der Waals surface area contributed by atoms with Crippen LogP contribution in [-0.2, 0) is 4.74 Å². The third kappa shape index (κ3) is 1.55. The number of methoxy groups -OCH3 is 1. The van der Waals surface area contributed by atoms with Crippen molar-refractivity contribution in [2.75, 3.05) is 20.3 Å². The lowest BCUT2D eigenvalue weighted by molar-refractivity contribution is -0.00415. The van der Waals surface area contributed by atoms with Crippen molar-refractivity contribution in [3.63, 3.8) is 0 Å². The van der Waals surface area contributed by atoms with Gasteiger partial charge in [-0.05, 0) is 12.8 Å². The van der Waals surface area contributed by atoms with Crippen molar-refractivity contribution in [2.45, 2.75) is 25.4 Å². The molecule has 0 radical (unpaired) electrons. The van der Waals surface area contributed by atoms with Gasteiger partial charge in [0.05, 0.1) is 12.7 Å². The molecule has 3 N–H and O–H groups in total. The third-order valence-electron chi connectivity index (χ3n) is 2.70. The topological polar surface area (TPSA) is 55.5 Å². The molecule has 1 aliphatic rings. The maximum atomic E-state index is 9.61. The van der Waals surface area contributed by atoms with Gasteiger partial charge in [0.25, 0.3) is 0 Å². The summed E-state index contributed by atoms with van der Waals surface area (Å²) >= 11 is 0. The average Bonchev–Trinajstić information content (AvgIpc) is 2.35. The first-order chi connectivity index (χ1) is 5.25. The molecule has 66 valence electrons. The van der Waals surface area contributed by atoms with Gasteiger partial charge in [0.2, 0.25) is 0 Å². The second-order valence-corrected chi connectivity index (χ2v) is 3.41. The predicted molar refractivity (Wildman–Crippen MR) is 43.2 cm³/mol. The van der Waals surface area contributed by atoms with Crippen molar-refractivity contribution in [2.24, 2.45) is 11.1 Å². The lowest BCUT2D eigenvalue weighted by atomic mass is 9.85. The van der Waals surface area contributed by atoms with Crippen LogP contribution in [-0.4, -0.2) is 31.5 Å².